The van der Waals surface area contributed by atoms with E-state index in [1.165, 1.54) is 5.56 Å². The van der Waals surface area contributed by atoms with Crippen LogP contribution in [0.3, 0.4) is 0 Å². The van der Waals surface area contributed by atoms with Crippen molar-refractivity contribution >= 4 is 34.3 Å². The maximum absolute atomic E-state index is 11.9. The number of urea groups is 1. The van der Waals surface area contributed by atoms with Crippen molar-refractivity contribution in [3.8, 4) is 0 Å². The molecule has 20 heavy (non-hydrogen) atoms. The van der Waals surface area contributed by atoms with Gasteiger partial charge in [0.2, 0.25) is 0 Å². The van der Waals surface area contributed by atoms with Gasteiger partial charge in [-0.1, -0.05) is 29.8 Å². The van der Waals surface area contributed by atoms with Crippen LogP contribution in [0.2, 0.25) is 0 Å². The lowest BCUT2D eigenvalue weighted by molar-refractivity contribution is 0.251. The summed E-state index contributed by atoms with van der Waals surface area (Å²) < 4.78 is 1.16. The number of aryl methyl sites for hydroxylation is 2. The minimum Gasteiger partial charge on any atom is -0.334 e. The molecule has 4 heteroatoms. The topological polar surface area (TPSA) is 41.1 Å². The molecule has 3 nitrogen and oxygen atoms in total. The quantitative estimate of drug-likeness (QED) is 0.769. The van der Waals surface area contributed by atoms with Gasteiger partial charge in [0.25, 0.3) is 0 Å². The summed E-state index contributed by atoms with van der Waals surface area (Å²) in [5.41, 5.74) is 4.19. The third-order valence-corrected chi connectivity index (χ3v) is 3.64. The largest absolute Gasteiger partial charge is 0.334 e. The van der Waals surface area contributed by atoms with Crippen LogP contribution in [-0.2, 0) is 6.54 Å². The molecule has 0 aliphatic rings. The van der Waals surface area contributed by atoms with E-state index < -0.39 is 0 Å². The number of carbonyl (C=O) groups excluding carboxylic acids is 1. The van der Waals surface area contributed by atoms with Crippen LogP contribution in [0.25, 0.3) is 0 Å². The highest BCUT2D eigenvalue weighted by Crippen LogP contribution is 2.17. The second-order valence-corrected chi connectivity index (χ2v) is 6.00. The summed E-state index contributed by atoms with van der Waals surface area (Å²) in [4.78, 5) is 11.9. The number of carbonyl (C=O) groups is 1. The molecule has 0 saturated heterocycles. The number of amides is 2. The Morgan fingerprint density at radius 3 is 2.65 bits per heavy atom. The monoisotopic (exact) mass is 380 g/mol. The lowest BCUT2D eigenvalue weighted by Gasteiger charge is -2.10. The van der Waals surface area contributed by atoms with Crippen molar-refractivity contribution in [1.29, 1.82) is 0 Å². The zero-order chi connectivity index (χ0) is 14.5. The normalized spacial score (nSPS) is 10.2. The molecule has 0 saturated carbocycles. The summed E-state index contributed by atoms with van der Waals surface area (Å²) in [5, 5.41) is 5.73. The summed E-state index contributed by atoms with van der Waals surface area (Å²) in [6.45, 7) is 4.55. The van der Waals surface area contributed by atoms with Gasteiger partial charge in [-0.15, -0.1) is 0 Å². The molecule has 2 aromatic carbocycles. The zero-order valence-corrected chi connectivity index (χ0v) is 13.7. The maximum Gasteiger partial charge on any atom is 0.319 e. The zero-order valence-electron chi connectivity index (χ0n) is 11.5. The van der Waals surface area contributed by atoms with E-state index in [1.54, 1.807) is 0 Å². The Bertz CT molecular complexity index is 626. The minimum atomic E-state index is -0.184. The first kappa shape index (κ1) is 14.8. The van der Waals surface area contributed by atoms with Crippen molar-refractivity contribution in [2.45, 2.75) is 20.4 Å². The van der Waals surface area contributed by atoms with Crippen molar-refractivity contribution in [2.24, 2.45) is 0 Å². The van der Waals surface area contributed by atoms with Crippen LogP contribution < -0.4 is 10.6 Å². The van der Waals surface area contributed by atoms with E-state index >= 15 is 0 Å². The molecule has 0 aliphatic heterocycles. The third-order valence-electron chi connectivity index (χ3n) is 2.97. The minimum absolute atomic E-state index is 0.184. The molecule has 0 aromatic heterocycles. The van der Waals surface area contributed by atoms with Gasteiger partial charge >= 0.3 is 6.03 Å². The van der Waals surface area contributed by atoms with Gasteiger partial charge in [0.05, 0.1) is 0 Å². The SMILES string of the molecule is Cc1cccc(CNC(=O)Nc2ccc(I)cc2C)c1. The summed E-state index contributed by atoms with van der Waals surface area (Å²) in [5.74, 6) is 0. The van der Waals surface area contributed by atoms with Gasteiger partial charge in [-0.3, -0.25) is 0 Å². The summed E-state index contributed by atoms with van der Waals surface area (Å²) in [6, 6.07) is 13.9. The fraction of sp³-hybridized carbons (Fsp3) is 0.188. The first-order valence-electron chi connectivity index (χ1n) is 6.41. The van der Waals surface area contributed by atoms with Gasteiger partial charge in [-0.05, 0) is 65.8 Å². The Kier molecular flexibility index (Phi) is 5.00. The fourth-order valence-electron chi connectivity index (χ4n) is 1.94. The number of nitrogens with one attached hydrogen (secondary N) is 2. The second kappa shape index (κ2) is 6.74. The molecule has 2 amide bonds. The molecule has 104 valence electrons. The lowest BCUT2D eigenvalue weighted by atomic mass is 10.1. The number of rotatable bonds is 3. The molecular formula is C16H17IN2O. The smallest absolute Gasteiger partial charge is 0.319 e. The van der Waals surface area contributed by atoms with Crippen LogP contribution >= 0.6 is 22.6 Å². The van der Waals surface area contributed by atoms with Crippen molar-refractivity contribution in [3.63, 3.8) is 0 Å². The molecule has 0 unspecified atom stereocenters. The highest BCUT2D eigenvalue weighted by atomic mass is 127. The van der Waals surface area contributed by atoms with Crippen LogP contribution in [-0.4, -0.2) is 6.03 Å². The molecule has 0 bridgehead atoms. The van der Waals surface area contributed by atoms with Crippen molar-refractivity contribution in [3.05, 3.63) is 62.7 Å². The Hall–Kier alpha value is -1.56. The van der Waals surface area contributed by atoms with Crippen LogP contribution in [0.15, 0.2) is 42.5 Å². The highest BCUT2D eigenvalue weighted by molar-refractivity contribution is 14.1. The van der Waals surface area contributed by atoms with Crippen LogP contribution in [0.4, 0.5) is 10.5 Å². The Balaban J connectivity index is 1.92. The fourth-order valence-corrected chi connectivity index (χ4v) is 2.59. The predicted molar refractivity (Wildman–Crippen MR) is 90.9 cm³/mol. The Morgan fingerprint density at radius 2 is 1.95 bits per heavy atom. The van der Waals surface area contributed by atoms with Crippen molar-refractivity contribution in [2.75, 3.05) is 5.32 Å². The van der Waals surface area contributed by atoms with Gasteiger partial charge in [0.15, 0.2) is 0 Å². The highest BCUT2D eigenvalue weighted by Gasteiger charge is 2.04. The number of hydrogen-bond acceptors (Lipinski definition) is 1. The molecule has 2 N–H and O–H groups in total. The predicted octanol–water partition coefficient (Wildman–Crippen LogP) is 4.23. The van der Waals surface area contributed by atoms with E-state index in [0.29, 0.717) is 6.54 Å². The first-order chi connectivity index (χ1) is 9.54. The third kappa shape index (κ3) is 4.23. The molecule has 0 spiro atoms. The molecule has 0 atom stereocenters. The summed E-state index contributed by atoms with van der Waals surface area (Å²) in [7, 11) is 0. The number of benzene rings is 2. The van der Waals surface area contributed by atoms with Gasteiger partial charge < -0.3 is 10.6 Å². The Morgan fingerprint density at radius 1 is 1.15 bits per heavy atom. The first-order valence-corrected chi connectivity index (χ1v) is 7.49. The van der Waals surface area contributed by atoms with Gasteiger partial charge in [-0.2, -0.15) is 0 Å². The average Bonchev–Trinajstić information content (AvgIpc) is 2.40. The molecule has 0 heterocycles. The number of halogens is 1. The summed E-state index contributed by atoms with van der Waals surface area (Å²) >= 11 is 2.25. The van der Waals surface area contributed by atoms with E-state index in [-0.39, 0.29) is 6.03 Å². The van der Waals surface area contributed by atoms with Crippen molar-refractivity contribution in [1.82, 2.24) is 5.32 Å². The lowest BCUT2D eigenvalue weighted by Crippen LogP contribution is -2.28. The van der Waals surface area contributed by atoms with E-state index in [1.807, 2.05) is 50.2 Å². The van der Waals surface area contributed by atoms with E-state index in [0.717, 1.165) is 20.4 Å². The molecule has 2 aromatic rings. The van der Waals surface area contributed by atoms with Gasteiger partial charge in [0.1, 0.15) is 0 Å². The van der Waals surface area contributed by atoms with E-state index in [2.05, 4.69) is 39.3 Å². The second-order valence-electron chi connectivity index (χ2n) is 4.76. The van der Waals surface area contributed by atoms with Gasteiger partial charge in [-0.25, -0.2) is 4.79 Å². The average molecular weight is 380 g/mol. The van der Waals surface area contributed by atoms with Crippen LogP contribution in [0.5, 0.6) is 0 Å². The maximum atomic E-state index is 11.9. The van der Waals surface area contributed by atoms with E-state index in [9.17, 15) is 4.79 Å². The van der Waals surface area contributed by atoms with Crippen LogP contribution in [0.1, 0.15) is 16.7 Å². The van der Waals surface area contributed by atoms with Crippen molar-refractivity contribution < 1.29 is 4.79 Å². The standard InChI is InChI=1S/C16H17IN2O/c1-11-4-3-5-13(8-11)10-18-16(20)19-15-7-6-14(17)9-12(15)2/h3-9H,10H2,1-2H3,(H2,18,19,20). The molecule has 2 rings (SSSR count). The number of hydrogen-bond donors (Lipinski definition) is 2. The Labute approximate surface area is 132 Å². The molecular weight excluding hydrogens is 363 g/mol. The molecule has 0 fully saturated rings. The van der Waals surface area contributed by atoms with E-state index in [4.69, 9.17) is 0 Å². The molecule has 0 aliphatic carbocycles. The molecule has 0 radical (unpaired) electrons. The number of anilines is 1. The van der Waals surface area contributed by atoms with Crippen LogP contribution in [0, 0.1) is 17.4 Å². The summed E-state index contributed by atoms with van der Waals surface area (Å²) in [6.07, 6.45) is 0. The van der Waals surface area contributed by atoms with Gasteiger partial charge in [0, 0.05) is 15.8 Å².